The van der Waals surface area contributed by atoms with Crippen molar-refractivity contribution in [3.63, 3.8) is 0 Å². The monoisotopic (exact) mass is 308 g/mol. The number of rotatable bonds is 4. The summed E-state index contributed by atoms with van der Waals surface area (Å²) in [4.78, 5) is 2.32. The highest BCUT2D eigenvalue weighted by Crippen LogP contribution is 2.18. The average Bonchev–Trinajstić information content (AvgIpc) is 2.44. The number of hydrogen-bond donors (Lipinski definition) is 0. The largest absolute Gasteiger partial charge is 0.373 e. The highest BCUT2D eigenvalue weighted by molar-refractivity contribution is 7.91. The Morgan fingerprint density at radius 3 is 2.86 bits per heavy atom. The number of ether oxygens (including phenoxy) is 1. The van der Waals surface area contributed by atoms with Crippen LogP contribution in [0.25, 0.3) is 0 Å². The number of nitrogens with zero attached hydrogens (tertiary/aromatic N) is 2. The van der Waals surface area contributed by atoms with Crippen LogP contribution in [0, 0.1) is 11.3 Å². The minimum Gasteiger partial charge on any atom is -0.373 e. The van der Waals surface area contributed by atoms with Gasteiger partial charge in [0.15, 0.2) is 9.84 Å². The van der Waals surface area contributed by atoms with Crippen LogP contribution in [0.5, 0.6) is 0 Å². The lowest BCUT2D eigenvalue weighted by molar-refractivity contribution is -0.0843. The van der Waals surface area contributed by atoms with Crippen LogP contribution in [0.1, 0.15) is 19.4 Å². The maximum absolute atomic E-state index is 12.3. The van der Waals surface area contributed by atoms with Crippen LogP contribution in [0.4, 0.5) is 0 Å². The van der Waals surface area contributed by atoms with Crippen LogP contribution in [0.2, 0.25) is 0 Å². The fourth-order valence-corrected chi connectivity index (χ4v) is 3.76. The fourth-order valence-electron chi connectivity index (χ4n) is 2.43. The molecule has 0 radical (unpaired) electrons. The lowest BCUT2D eigenvalue weighted by Crippen LogP contribution is -2.49. The molecule has 1 aliphatic rings. The molecule has 0 amide bonds. The van der Waals surface area contributed by atoms with Crippen LogP contribution in [0.3, 0.4) is 0 Å². The van der Waals surface area contributed by atoms with Crippen LogP contribution >= 0.6 is 0 Å². The van der Waals surface area contributed by atoms with Crippen LogP contribution in [-0.4, -0.2) is 50.9 Å². The number of morpholine rings is 1. The normalized spacial score (nSPS) is 19.1. The predicted molar refractivity (Wildman–Crippen MR) is 79.7 cm³/mol. The lowest BCUT2D eigenvalue weighted by Gasteiger charge is -2.38. The van der Waals surface area contributed by atoms with Crippen molar-refractivity contribution in [2.75, 3.05) is 32.0 Å². The summed E-state index contributed by atoms with van der Waals surface area (Å²) < 4.78 is 30.3. The summed E-state index contributed by atoms with van der Waals surface area (Å²) in [6.07, 6.45) is 0. The average molecular weight is 308 g/mol. The summed E-state index contributed by atoms with van der Waals surface area (Å²) >= 11 is 0. The molecule has 0 aromatic heterocycles. The SMILES string of the molecule is CC1(C)CN(CCS(=O)(=O)c2cccc(C#N)c2)CCO1. The molecule has 0 saturated carbocycles. The maximum atomic E-state index is 12.3. The van der Waals surface area contributed by atoms with Gasteiger partial charge < -0.3 is 4.74 Å². The van der Waals surface area contributed by atoms with E-state index in [0.717, 1.165) is 13.1 Å². The van der Waals surface area contributed by atoms with Crippen LogP contribution in [-0.2, 0) is 14.6 Å². The minimum absolute atomic E-state index is 0.0535. The summed E-state index contributed by atoms with van der Waals surface area (Å²) in [5, 5.41) is 8.85. The molecule has 114 valence electrons. The van der Waals surface area contributed by atoms with Gasteiger partial charge in [0.25, 0.3) is 0 Å². The van der Waals surface area contributed by atoms with Gasteiger partial charge in [-0.25, -0.2) is 8.42 Å². The number of nitriles is 1. The van der Waals surface area contributed by atoms with Gasteiger partial charge in [-0.3, -0.25) is 4.90 Å². The van der Waals surface area contributed by atoms with Crippen molar-refractivity contribution >= 4 is 9.84 Å². The molecule has 1 fully saturated rings. The summed E-state index contributed by atoms with van der Waals surface area (Å²) in [6.45, 7) is 6.58. The maximum Gasteiger partial charge on any atom is 0.179 e. The number of benzene rings is 1. The molecular formula is C15H20N2O3S. The van der Waals surface area contributed by atoms with E-state index in [4.69, 9.17) is 10.00 Å². The first-order valence-corrected chi connectivity index (χ1v) is 8.57. The molecule has 0 spiro atoms. The van der Waals surface area contributed by atoms with Crippen molar-refractivity contribution in [2.45, 2.75) is 24.3 Å². The zero-order valence-corrected chi connectivity index (χ0v) is 13.2. The van der Waals surface area contributed by atoms with E-state index in [9.17, 15) is 8.42 Å². The lowest BCUT2D eigenvalue weighted by atomic mass is 10.1. The van der Waals surface area contributed by atoms with Gasteiger partial charge >= 0.3 is 0 Å². The molecule has 21 heavy (non-hydrogen) atoms. The summed E-state index contributed by atoms with van der Waals surface area (Å²) in [7, 11) is -3.36. The Morgan fingerprint density at radius 2 is 2.19 bits per heavy atom. The Balaban J connectivity index is 2.03. The molecule has 0 N–H and O–H groups in total. The Labute approximate surface area is 126 Å². The van der Waals surface area contributed by atoms with Crippen molar-refractivity contribution < 1.29 is 13.2 Å². The molecule has 1 saturated heterocycles. The van der Waals surface area contributed by atoms with Gasteiger partial charge in [0.1, 0.15) is 0 Å². The van der Waals surface area contributed by atoms with Crippen molar-refractivity contribution in [3.05, 3.63) is 29.8 Å². The molecule has 1 heterocycles. The van der Waals surface area contributed by atoms with Gasteiger partial charge in [0, 0.05) is 19.6 Å². The zero-order chi connectivity index (χ0) is 15.5. The van der Waals surface area contributed by atoms with Gasteiger partial charge in [-0.15, -0.1) is 0 Å². The van der Waals surface area contributed by atoms with Crippen molar-refractivity contribution in [2.24, 2.45) is 0 Å². The zero-order valence-electron chi connectivity index (χ0n) is 12.4. The number of hydrogen-bond acceptors (Lipinski definition) is 5. The second-order valence-corrected chi connectivity index (χ2v) is 7.95. The van der Waals surface area contributed by atoms with E-state index < -0.39 is 9.84 Å². The fraction of sp³-hybridized carbons (Fsp3) is 0.533. The Morgan fingerprint density at radius 1 is 1.43 bits per heavy atom. The molecule has 0 bridgehead atoms. The Kier molecular flexibility index (Phi) is 4.67. The van der Waals surface area contributed by atoms with Crippen molar-refractivity contribution in [1.29, 1.82) is 5.26 Å². The van der Waals surface area contributed by atoms with Crippen LogP contribution in [0.15, 0.2) is 29.2 Å². The highest BCUT2D eigenvalue weighted by Gasteiger charge is 2.28. The quantitative estimate of drug-likeness (QED) is 0.842. The molecule has 1 aliphatic heterocycles. The van der Waals surface area contributed by atoms with Crippen molar-refractivity contribution in [1.82, 2.24) is 4.90 Å². The van der Waals surface area contributed by atoms with E-state index in [1.54, 1.807) is 18.2 Å². The summed E-state index contributed by atoms with van der Waals surface area (Å²) in [6, 6.07) is 8.14. The Hall–Kier alpha value is -1.42. The predicted octanol–water partition coefficient (Wildman–Crippen LogP) is 1.44. The van der Waals surface area contributed by atoms with Gasteiger partial charge in [-0.2, -0.15) is 5.26 Å². The van der Waals surface area contributed by atoms with Gasteiger partial charge in [0.05, 0.1) is 34.5 Å². The van der Waals surface area contributed by atoms with Crippen LogP contribution < -0.4 is 0 Å². The standard InChI is InChI=1S/C15H20N2O3S/c1-15(2)12-17(6-8-20-15)7-9-21(18,19)14-5-3-4-13(10-14)11-16/h3-5,10H,6-9,12H2,1-2H3. The van der Waals surface area contributed by atoms with E-state index >= 15 is 0 Å². The second-order valence-electron chi connectivity index (χ2n) is 5.84. The summed E-state index contributed by atoms with van der Waals surface area (Å²) in [5.74, 6) is 0.0535. The first kappa shape index (κ1) is 16.0. The van der Waals surface area contributed by atoms with E-state index in [2.05, 4.69) is 4.90 Å². The topological polar surface area (TPSA) is 70.4 Å². The third kappa shape index (κ3) is 4.27. The number of sulfone groups is 1. The molecule has 0 unspecified atom stereocenters. The van der Waals surface area contributed by atoms with Gasteiger partial charge in [0.2, 0.25) is 0 Å². The first-order chi connectivity index (χ1) is 9.82. The van der Waals surface area contributed by atoms with Gasteiger partial charge in [-0.1, -0.05) is 6.07 Å². The van der Waals surface area contributed by atoms with E-state index in [0.29, 0.717) is 18.7 Å². The Bertz CT molecular complexity index is 647. The van der Waals surface area contributed by atoms with E-state index in [1.807, 2.05) is 19.9 Å². The molecule has 0 aliphatic carbocycles. The molecule has 0 atom stereocenters. The molecule has 1 aromatic rings. The second kappa shape index (κ2) is 6.14. The third-order valence-electron chi connectivity index (χ3n) is 3.50. The molecule has 1 aromatic carbocycles. The highest BCUT2D eigenvalue weighted by atomic mass is 32.2. The minimum atomic E-state index is -3.36. The molecular weight excluding hydrogens is 288 g/mol. The first-order valence-electron chi connectivity index (χ1n) is 6.92. The van der Waals surface area contributed by atoms with Gasteiger partial charge in [-0.05, 0) is 32.0 Å². The van der Waals surface area contributed by atoms with E-state index in [-0.39, 0.29) is 16.2 Å². The molecule has 2 rings (SSSR count). The molecule has 6 heteroatoms. The van der Waals surface area contributed by atoms with E-state index in [1.165, 1.54) is 6.07 Å². The van der Waals surface area contributed by atoms with Crippen molar-refractivity contribution in [3.8, 4) is 6.07 Å². The third-order valence-corrected chi connectivity index (χ3v) is 5.20. The molecule has 5 nitrogen and oxygen atoms in total. The summed E-state index contributed by atoms with van der Waals surface area (Å²) in [5.41, 5.74) is 0.131. The smallest absolute Gasteiger partial charge is 0.179 e.